The van der Waals surface area contributed by atoms with Crippen molar-refractivity contribution in [2.75, 3.05) is 42.8 Å². The molecule has 0 aliphatic heterocycles. The molecule has 0 spiro atoms. The number of anilines is 3. The quantitative estimate of drug-likeness (QED) is 0.888. The van der Waals surface area contributed by atoms with Crippen molar-refractivity contribution in [3.8, 4) is 0 Å². The molecule has 1 aromatic carbocycles. The average molecular weight is 303 g/mol. The van der Waals surface area contributed by atoms with E-state index >= 15 is 0 Å². The van der Waals surface area contributed by atoms with Crippen LogP contribution in [0.4, 0.5) is 21.8 Å². The Bertz CT molecular complexity index is 603. The minimum absolute atomic E-state index is 0.235. The number of nitrogens with one attached hydrogen (secondary N) is 1. The standard InChI is InChI=1S/C16H22FN5/c1-12(22(4)13-8-6-5-7-9-13)10-18-16-19-11-14(17)15(20-16)21(2)3/h5-9,11-12H,10H2,1-4H3,(H,18,19,20)/t12-/m1/s1. The van der Waals surface area contributed by atoms with Crippen molar-refractivity contribution >= 4 is 17.5 Å². The number of halogens is 1. The highest BCUT2D eigenvalue weighted by molar-refractivity contribution is 5.47. The first kappa shape index (κ1) is 16.0. The van der Waals surface area contributed by atoms with Crippen LogP contribution in [-0.2, 0) is 0 Å². The molecule has 5 nitrogen and oxygen atoms in total. The molecule has 118 valence electrons. The molecular formula is C16H22FN5. The van der Waals surface area contributed by atoms with E-state index in [0.717, 1.165) is 5.69 Å². The number of aromatic nitrogens is 2. The first-order valence-electron chi connectivity index (χ1n) is 7.20. The van der Waals surface area contributed by atoms with Gasteiger partial charge in [-0.3, -0.25) is 0 Å². The smallest absolute Gasteiger partial charge is 0.224 e. The zero-order chi connectivity index (χ0) is 16.1. The van der Waals surface area contributed by atoms with Crippen molar-refractivity contribution in [2.45, 2.75) is 13.0 Å². The van der Waals surface area contributed by atoms with Crippen LogP contribution >= 0.6 is 0 Å². The maximum Gasteiger partial charge on any atom is 0.224 e. The molecule has 0 saturated heterocycles. The van der Waals surface area contributed by atoms with Crippen LogP contribution in [0.3, 0.4) is 0 Å². The van der Waals surface area contributed by atoms with Gasteiger partial charge in [0.1, 0.15) is 0 Å². The minimum Gasteiger partial charge on any atom is -0.370 e. The SMILES string of the molecule is C[C@H](CNc1ncc(F)c(N(C)C)n1)N(C)c1ccccc1. The molecule has 2 aromatic rings. The van der Waals surface area contributed by atoms with E-state index in [1.165, 1.54) is 6.20 Å². The van der Waals surface area contributed by atoms with E-state index in [9.17, 15) is 4.39 Å². The number of para-hydroxylation sites is 1. The van der Waals surface area contributed by atoms with Gasteiger partial charge < -0.3 is 15.1 Å². The van der Waals surface area contributed by atoms with Gasteiger partial charge in [0.15, 0.2) is 11.6 Å². The Balaban J connectivity index is 1.99. The lowest BCUT2D eigenvalue weighted by atomic mass is 10.2. The molecule has 1 N–H and O–H groups in total. The van der Waals surface area contributed by atoms with Gasteiger partial charge in [-0.15, -0.1) is 0 Å². The summed E-state index contributed by atoms with van der Waals surface area (Å²) in [6, 6.07) is 10.4. The fraction of sp³-hybridized carbons (Fsp3) is 0.375. The second-order valence-corrected chi connectivity index (χ2v) is 5.44. The van der Waals surface area contributed by atoms with Crippen molar-refractivity contribution in [3.63, 3.8) is 0 Å². The van der Waals surface area contributed by atoms with Gasteiger partial charge in [0.2, 0.25) is 5.95 Å². The van der Waals surface area contributed by atoms with E-state index in [0.29, 0.717) is 12.5 Å². The van der Waals surface area contributed by atoms with Crippen molar-refractivity contribution < 1.29 is 4.39 Å². The van der Waals surface area contributed by atoms with Crippen LogP contribution in [0.5, 0.6) is 0 Å². The first-order chi connectivity index (χ1) is 10.5. The average Bonchev–Trinajstić information content (AvgIpc) is 2.53. The van der Waals surface area contributed by atoms with Crippen LogP contribution in [0.15, 0.2) is 36.5 Å². The van der Waals surface area contributed by atoms with E-state index in [4.69, 9.17) is 0 Å². The van der Waals surface area contributed by atoms with Gasteiger partial charge in [0.25, 0.3) is 0 Å². The lowest BCUT2D eigenvalue weighted by Crippen LogP contribution is -2.35. The van der Waals surface area contributed by atoms with Gasteiger partial charge in [-0.05, 0) is 19.1 Å². The summed E-state index contributed by atoms with van der Waals surface area (Å²) in [6.45, 7) is 2.76. The van der Waals surface area contributed by atoms with Gasteiger partial charge in [0, 0.05) is 39.4 Å². The Morgan fingerprint density at radius 2 is 1.86 bits per heavy atom. The lowest BCUT2D eigenvalue weighted by molar-refractivity contribution is 0.611. The maximum atomic E-state index is 13.6. The summed E-state index contributed by atoms with van der Waals surface area (Å²) in [5.41, 5.74) is 1.14. The number of benzene rings is 1. The Kier molecular flexibility index (Phi) is 5.14. The molecule has 0 amide bonds. The van der Waals surface area contributed by atoms with Crippen molar-refractivity contribution in [1.82, 2.24) is 9.97 Å². The fourth-order valence-electron chi connectivity index (χ4n) is 2.05. The van der Waals surface area contributed by atoms with Crippen LogP contribution in [0, 0.1) is 5.82 Å². The summed E-state index contributed by atoms with van der Waals surface area (Å²) < 4.78 is 13.6. The Morgan fingerprint density at radius 3 is 2.50 bits per heavy atom. The summed E-state index contributed by atoms with van der Waals surface area (Å²) in [5, 5.41) is 3.16. The highest BCUT2D eigenvalue weighted by Gasteiger charge is 2.12. The van der Waals surface area contributed by atoms with Gasteiger partial charge in [-0.25, -0.2) is 9.37 Å². The molecule has 1 heterocycles. The number of nitrogens with zero attached hydrogens (tertiary/aromatic N) is 4. The lowest BCUT2D eigenvalue weighted by Gasteiger charge is -2.27. The van der Waals surface area contributed by atoms with E-state index in [1.54, 1.807) is 19.0 Å². The second-order valence-electron chi connectivity index (χ2n) is 5.44. The van der Waals surface area contributed by atoms with E-state index in [-0.39, 0.29) is 11.9 Å². The number of hydrogen-bond acceptors (Lipinski definition) is 5. The first-order valence-corrected chi connectivity index (χ1v) is 7.20. The van der Waals surface area contributed by atoms with Crippen LogP contribution in [0.1, 0.15) is 6.92 Å². The molecule has 22 heavy (non-hydrogen) atoms. The van der Waals surface area contributed by atoms with Gasteiger partial charge in [0.05, 0.1) is 6.20 Å². The van der Waals surface area contributed by atoms with Crippen molar-refractivity contribution in [2.24, 2.45) is 0 Å². The Morgan fingerprint density at radius 1 is 1.18 bits per heavy atom. The molecule has 1 atom stereocenters. The molecule has 2 rings (SSSR count). The Hall–Kier alpha value is -2.37. The summed E-state index contributed by atoms with van der Waals surface area (Å²) in [6.07, 6.45) is 1.19. The van der Waals surface area contributed by atoms with E-state index < -0.39 is 5.82 Å². The van der Waals surface area contributed by atoms with Crippen LogP contribution in [0.2, 0.25) is 0 Å². The highest BCUT2D eigenvalue weighted by Crippen LogP contribution is 2.16. The van der Waals surface area contributed by atoms with Crippen molar-refractivity contribution in [3.05, 3.63) is 42.3 Å². The minimum atomic E-state index is -0.426. The van der Waals surface area contributed by atoms with E-state index in [1.807, 2.05) is 25.2 Å². The largest absolute Gasteiger partial charge is 0.370 e. The molecule has 0 aliphatic carbocycles. The summed E-state index contributed by atoms with van der Waals surface area (Å²) in [5.74, 6) is 0.282. The summed E-state index contributed by atoms with van der Waals surface area (Å²) in [7, 11) is 5.54. The third-order valence-electron chi connectivity index (χ3n) is 3.53. The number of rotatable bonds is 6. The summed E-state index contributed by atoms with van der Waals surface area (Å²) >= 11 is 0. The topological polar surface area (TPSA) is 44.3 Å². The third kappa shape index (κ3) is 3.84. The number of hydrogen-bond donors (Lipinski definition) is 1. The Labute approximate surface area is 130 Å². The monoisotopic (exact) mass is 303 g/mol. The third-order valence-corrected chi connectivity index (χ3v) is 3.53. The van der Waals surface area contributed by atoms with Crippen LogP contribution in [-0.4, -0.2) is 43.7 Å². The predicted molar refractivity (Wildman–Crippen MR) is 89.1 cm³/mol. The zero-order valence-electron chi connectivity index (χ0n) is 13.4. The normalized spacial score (nSPS) is 11.9. The zero-order valence-corrected chi connectivity index (χ0v) is 13.4. The second kappa shape index (κ2) is 7.06. The molecule has 1 aromatic heterocycles. The van der Waals surface area contributed by atoms with Crippen LogP contribution in [0.25, 0.3) is 0 Å². The van der Waals surface area contributed by atoms with Gasteiger partial charge >= 0.3 is 0 Å². The fourth-order valence-corrected chi connectivity index (χ4v) is 2.05. The van der Waals surface area contributed by atoms with Gasteiger partial charge in [-0.1, -0.05) is 18.2 Å². The molecule has 0 bridgehead atoms. The van der Waals surface area contributed by atoms with E-state index in [2.05, 4.69) is 39.2 Å². The molecule has 0 fully saturated rings. The summed E-state index contributed by atoms with van der Waals surface area (Å²) in [4.78, 5) is 12.0. The van der Waals surface area contributed by atoms with Gasteiger partial charge in [-0.2, -0.15) is 4.98 Å². The van der Waals surface area contributed by atoms with Crippen molar-refractivity contribution in [1.29, 1.82) is 0 Å². The molecule has 0 aliphatic rings. The molecule has 6 heteroatoms. The van der Waals surface area contributed by atoms with Crippen LogP contribution < -0.4 is 15.1 Å². The molecule has 0 radical (unpaired) electrons. The molecule has 0 unspecified atom stereocenters. The molecule has 0 saturated carbocycles. The predicted octanol–water partition coefficient (Wildman–Crippen LogP) is 2.62. The highest BCUT2D eigenvalue weighted by atomic mass is 19.1. The maximum absolute atomic E-state index is 13.6. The molecular weight excluding hydrogens is 281 g/mol. The number of likely N-dealkylation sites (N-methyl/N-ethyl adjacent to an activating group) is 1.